The summed E-state index contributed by atoms with van der Waals surface area (Å²) in [6.45, 7) is 6.03. The van der Waals surface area contributed by atoms with Gasteiger partial charge in [0.15, 0.2) is 0 Å². The van der Waals surface area contributed by atoms with Crippen molar-refractivity contribution in [3.05, 3.63) is 59.9 Å². The summed E-state index contributed by atoms with van der Waals surface area (Å²) in [6, 6.07) is 10.4. The molecule has 0 unspecified atom stereocenters. The molecule has 0 saturated heterocycles. The standard InChI is InChI=1S/C20H26N4O2/c1-3-12-24(13-4-2)19(25)17-7-9-18(10-8-17)23-20(26)22-15-16-6-5-11-21-14-16/h5-11,14H,3-4,12-13,15H2,1-2H3,(H2,22,23,26). The van der Waals surface area contributed by atoms with Crippen molar-refractivity contribution < 1.29 is 9.59 Å². The van der Waals surface area contributed by atoms with Crippen LogP contribution in [0.1, 0.15) is 42.6 Å². The second-order valence-electron chi connectivity index (χ2n) is 6.04. The SMILES string of the molecule is CCCN(CCC)C(=O)c1ccc(NC(=O)NCc2cccnc2)cc1. The Morgan fingerprint density at radius 1 is 1.04 bits per heavy atom. The molecule has 138 valence electrons. The number of benzene rings is 1. The number of carbonyl (C=O) groups is 2. The highest BCUT2D eigenvalue weighted by Gasteiger charge is 2.14. The molecule has 3 amide bonds. The molecule has 0 aliphatic heterocycles. The van der Waals surface area contributed by atoms with Crippen molar-refractivity contribution in [2.75, 3.05) is 18.4 Å². The van der Waals surface area contributed by atoms with Crippen LogP contribution in [0.2, 0.25) is 0 Å². The van der Waals surface area contributed by atoms with Gasteiger partial charge in [0.05, 0.1) is 0 Å². The predicted octanol–water partition coefficient (Wildman–Crippen LogP) is 3.67. The summed E-state index contributed by atoms with van der Waals surface area (Å²) >= 11 is 0. The molecule has 0 aliphatic rings. The third kappa shape index (κ3) is 5.88. The Hall–Kier alpha value is -2.89. The highest BCUT2D eigenvalue weighted by atomic mass is 16.2. The number of pyridine rings is 1. The fourth-order valence-electron chi connectivity index (χ4n) is 2.59. The van der Waals surface area contributed by atoms with Gasteiger partial charge in [0.1, 0.15) is 0 Å². The lowest BCUT2D eigenvalue weighted by atomic mass is 10.1. The summed E-state index contributed by atoms with van der Waals surface area (Å²) in [5.41, 5.74) is 2.20. The first-order valence-corrected chi connectivity index (χ1v) is 8.97. The van der Waals surface area contributed by atoms with Gasteiger partial charge in [0.2, 0.25) is 0 Å². The second-order valence-corrected chi connectivity index (χ2v) is 6.04. The largest absolute Gasteiger partial charge is 0.339 e. The van der Waals surface area contributed by atoms with Gasteiger partial charge < -0.3 is 15.5 Å². The van der Waals surface area contributed by atoms with Gasteiger partial charge in [0, 0.05) is 43.3 Å². The molecule has 26 heavy (non-hydrogen) atoms. The maximum Gasteiger partial charge on any atom is 0.319 e. The van der Waals surface area contributed by atoms with Crippen molar-refractivity contribution >= 4 is 17.6 Å². The minimum Gasteiger partial charge on any atom is -0.339 e. The number of nitrogens with zero attached hydrogens (tertiary/aromatic N) is 2. The van der Waals surface area contributed by atoms with Gasteiger partial charge in [-0.2, -0.15) is 0 Å². The van der Waals surface area contributed by atoms with Gasteiger partial charge in [-0.3, -0.25) is 9.78 Å². The fourth-order valence-corrected chi connectivity index (χ4v) is 2.59. The van der Waals surface area contributed by atoms with Crippen LogP contribution in [0, 0.1) is 0 Å². The topological polar surface area (TPSA) is 74.3 Å². The van der Waals surface area contributed by atoms with Crippen molar-refractivity contribution in [2.45, 2.75) is 33.2 Å². The van der Waals surface area contributed by atoms with Gasteiger partial charge in [-0.15, -0.1) is 0 Å². The van der Waals surface area contributed by atoms with Crippen LogP contribution in [-0.2, 0) is 6.54 Å². The number of hydrogen-bond acceptors (Lipinski definition) is 3. The molecule has 0 atom stereocenters. The summed E-state index contributed by atoms with van der Waals surface area (Å²) in [6.07, 6.45) is 5.26. The van der Waals surface area contributed by atoms with E-state index in [4.69, 9.17) is 0 Å². The monoisotopic (exact) mass is 354 g/mol. The highest BCUT2D eigenvalue weighted by Crippen LogP contribution is 2.12. The summed E-state index contributed by atoms with van der Waals surface area (Å²) in [5, 5.41) is 5.53. The molecular formula is C20H26N4O2. The summed E-state index contributed by atoms with van der Waals surface area (Å²) in [4.78, 5) is 30.4. The quantitative estimate of drug-likeness (QED) is 0.760. The van der Waals surface area contributed by atoms with Crippen LogP contribution in [-0.4, -0.2) is 34.9 Å². The first-order chi connectivity index (χ1) is 12.6. The maximum absolute atomic E-state index is 12.5. The molecule has 0 bridgehead atoms. The molecule has 0 saturated carbocycles. The van der Waals surface area contributed by atoms with E-state index in [-0.39, 0.29) is 11.9 Å². The zero-order chi connectivity index (χ0) is 18.8. The number of hydrogen-bond donors (Lipinski definition) is 2. The van der Waals surface area contributed by atoms with Crippen LogP contribution < -0.4 is 10.6 Å². The lowest BCUT2D eigenvalue weighted by Crippen LogP contribution is -2.32. The Morgan fingerprint density at radius 3 is 2.31 bits per heavy atom. The Labute approximate surface area is 154 Å². The van der Waals surface area contributed by atoms with Crippen LogP contribution in [0.3, 0.4) is 0 Å². The van der Waals surface area contributed by atoms with E-state index in [1.54, 1.807) is 36.7 Å². The zero-order valence-electron chi connectivity index (χ0n) is 15.4. The minimum absolute atomic E-state index is 0.0290. The Morgan fingerprint density at radius 2 is 1.73 bits per heavy atom. The number of urea groups is 1. The summed E-state index contributed by atoms with van der Waals surface area (Å²) in [7, 11) is 0. The number of carbonyl (C=O) groups excluding carboxylic acids is 2. The minimum atomic E-state index is -0.300. The predicted molar refractivity (Wildman–Crippen MR) is 103 cm³/mol. The van der Waals surface area contributed by atoms with Crippen molar-refractivity contribution in [3.63, 3.8) is 0 Å². The number of nitrogens with one attached hydrogen (secondary N) is 2. The van der Waals surface area contributed by atoms with Gasteiger partial charge in [-0.05, 0) is 48.7 Å². The van der Waals surface area contributed by atoms with Crippen LogP contribution >= 0.6 is 0 Å². The molecule has 1 aromatic heterocycles. The first kappa shape index (κ1) is 19.4. The zero-order valence-corrected chi connectivity index (χ0v) is 15.4. The third-order valence-electron chi connectivity index (χ3n) is 3.84. The molecule has 2 aromatic rings. The number of rotatable bonds is 8. The average Bonchev–Trinajstić information content (AvgIpc) is 2.67. The number of anilines is 1. The Kier molecular flexibility index (Phi) is 7.61. The van der Waals surface area contributed by atoms with E-state index >= 15 is 0 Å². The maximum atomic E-state index is 12.5. The Balaban J connectivity index is 1.89. The molecule has 1 aromatic carbocycles. The molecular weight excluding hydrogens is 328 g/mol. The number of aromatic nitrogens is 1. The highest BCUT2D eigenvalue weighted by molar-refractivity contribution is 5.95. The molecule has 0 radical (unpaired) electrons. The lowest BCUT2D eigenvalue weighted by molar-refractivity contribution is 0.0755. The van der Waals surface area contributed by atoms with Crippen molar-refractivity contribution in [2.24, 2.45) is 0 Å². The summed E-state index contributed by atoms with van der Waals surface area (Å²) < 4.78 is 0. The Bertz CT molecular complexity index is 696. The molecule has 1 heterocycles. The molecule has 2 rings (SSSR count). The van der Waals surface area contributed by atoms with E-state index in [9.17, 15) is 9.59 Å². The van der Waals surface area contributed by atoms with Crippen LogP contribution in [0.5, 0.6) is 0 Å². The second kappa shape index (κ2) is 10.2. The van der Waals surface area contributed by atoms with E-state index in [1.165, 1.54) is 0 Å². The third-order valence-corrected chi connectivity index (χ3v) is 3.84. The lowest BCUT2D eigenvalue weighted by Gasteiger charge is -2.21. The normalized spacial score (nSPS) is 10.2. The summed E-state index contributed by atoms with van der Waals surface area (Å²) in [5.74, 6) is 0.0290. The smallest absolute Gasteiger partial charge is 0.319 e. The van der Waals surface area contributed by atoms with Crippen LogP contribution in [0.25, 0.3) is 0 Å². The molecule has 0 aliphatic carbocycles. The van der Waals surface area contributed by atoms with Crippen molar-refractivity contribution in [1.29, 1.82) is 0 Å². The molecule has 6 heteroatoms. The van der Waals surface area contributed by atoms with Gasteiger partial charge in [-0.25, -0.2) is 4.79 Å². The molecule has 0 spiro atoms. The van der Waals surface area contributed by atoms with Crippen LogP contribution in [0.15, 0.2) is 48.8 Å². The molecule has 6 nitrogen and oxygen atoms in total. The van der Waals surface area contributed by atoms with Crippen LogP contribution in [0.4, 0.5) is 10.5 Å². The van der Waals surface area contributed by atoms with Gasteiger partial charge in [-0.1, -0.05) is 19.9 Å². The molecule has 2 N–H and O–H groups in total. The first-order valence-electron chi connectivity index (χ1n) is 8.97. The van der Waals surface area contributed by atoms with E-state index in [0.29, 0.717) is 17.8 Å². The number of amides is 3. The van der Waals surface area contributed by atoms with E-state index < -0.39 is 0 Å². The fraction of sp³-hybridized carbons (Fsp3) is 0.350. The van der Waals surface area contributed by atoms with Gasteiger partial charge >= 0.3 is 6.03 Å². The molecule has 0 fully saturated rings. The van der Waals surface area contributed by atoms with Crippen molar-refractivity contribution in [3.8, 4) is 0 Å². The van der Waals surface area contributed by atoms with Gasteiger partial charge in [0.25, 0.3) is 5.91 Å². The van der Waals surface area contributed by atoms with Crippen molar-refractivity contribution in [1.82, 2.24) is 15.2 Å². The van der Waals surface area contributed by atoms with E-state index in [1.807, 2.05) is 17.0 Å². The van der Waals surface area contributed by atoms with E-state index in [0.717, 1.165) is 31.5 Å². The van der Waals surface area contributed by atoms with E-state index in [2.05, 4.69) is 29.5 Å². The average molecular weight is 354 g/mol.